The molecule has 0 bridgehead atoms. The maximum atomic E-state index is 12.8. The van der Waals surface area contributed by atoms with Crippen molar-refractivity contribution in [3.05, 3.63) is 64.9 Å². The Morgan fingerprint density at radius 3 is 2.62 bits per heavy atom. The van der Waals surface area contributed by atoms with E-state index in [0.717, 1.165) is 12.0 Å². The highest BCUT2D eigenvalue weighted by atomic mass is 35.5. The molecule has 1 atom stereocenters. The SMILES string of the molecule is CCC(C)N(Cc1ccccc1)C(=O)c1cnccc1Cl. The average molecular weight is 303 g/mol. The molecule has 4 heteroatoms. The van der Waals surface area contributed by atoms with Crippen LogP contribution in [0.1, 0.15) is 36.2 Å². The lowest BCUT2D eigenvalue weighted by atomic mass is 10.1. The Morgan fingerprint density at radius 2 is 2.00 bits per heavy atom. The van der Waals surface area contributed by atoms with E-state index in [1.807, 2.05) is 42.2 Å². The predicted octanol–water partition coefficient (Wildman–Crippen LogP) is 4.18. The molecule has 21 heavy (non-hydrogen) atoms. The summed E-state index contributed by atoms with van der Waals surface area (Å²) in [5.41, 5.74) is 1.56. The molecule has 0 fully saturated rings. The fourth-order valence-corrected chi connectivity index (χ4v) is 2.30. The average Bonchev–Trinajstić information content (AvgIpc) is 2.53. The van der Waals surface area contributed by atoms with E-state index in [2.05, 4.69) is 11.9 Å². The topological polar surface area (TPSA) is 33.2 Å². The van der Waals surface area contributed by atoms with Gasteiger partial charge in [0.15, 0.2) is 0 Å². The number of carbonyl (C=O) groups excluding carboxylic acids is 1. The highest BCUT2D eigenvalue weighted by molar-refractivity contribution is 6.33. The Kier molecular flexibility index (Phi) is 5.34. The molecule has 1 aromatic heterocycles. The molecule has 0 saturated carbocycles. The van der Waals surface area contributed by atoms with Gasteiger partial charge in [0, 0.05) is 25.0 Å². The van der Waals surface area contributed by atoms with Gasteiger partial charge in [0.2, 0.25) is 0 Å². The van der Waals surface area contributed by atoms with Gasteiger partial charge in [-0.25, -0.2) is 0 Å². The largest absolute Gasteiger partial charge is 0.332 e. The van der Waals surface area contributed by atoms with Gasteiger partial charge in [-0.2, -0.15) is 0 Å². The molecule has 0 aliphatic heterocycles. The summed E-state index contributed by atoms with van der Waals surface area (Å²) >= 11 is 6.13. The zero-order chi connectivity index (χ0) is 15.2. The first kappa shape index (κ1) is 15.5. The Hall–Kier alpha value is -1.87. The molecule has 0 radical (unpaired) electrons. The fourth-order valence-electron chi connectivity index (χ4n) is 2.12. The lowest BCUT2D eigenvalue weighted by Crippen LogP contribution is -2.38. The second kappa shape index (κ2) is 7.23. The third kappa shape index (κ3) is 3.82. The van der Waals surface area contributed by atoms with Crippen molar-refractivity contribution < 1.29 is 4.79 Å². The molecule has 1 unspecified atom stereocenters. The molecule has 3 nitrogen and oxygen atoms in total. The summed E-state index contributed by atoms with van der Waals surface area (Å²) in [6, 6.07) is 11.7. The summed E-state index contributed by atoms with van der Waals surface area (Å²) < 4.78 is 0. The summed E-state index contributed by atoms with van der Waals surface area (Å²) in [4.78, 5) is 18.6. The van der Waals surface area contributed by atoms with Gasteiger partial charge in [-0.15, -0.1) is 0 Å². The first-order valence-electron chi connectivity index (χ1n) is 7.08. The van der Waals surface area contributed by atoms with E-state index in [0.29, 0.717) is 17.1 Å². The van der Waals surface area contributed by atoms with Crippen LogP contribution in [0.2, 0.25) is 5.02 Å². The molecule has 0 spiro atoms. The van der Waals surface area contributed by atoms with E-state index in [1.54, 1.807) is 12.3 Å². The zero-order valence-corrected chi connectivity index (χ0v) is 13.0. The van der Waals surface area contributed by atoms with Crippen LogP contribution in [0.5, 0.6) is 0 Å². The normalized spacial score (nSPS) is 12.0. The highest BCUT2D eigenvalue weighted by Gasteiger charge is 2.22. The molecule has 0 N–H and O–H groups in total. The fraction of sp³-hybridized carbons (Fsp3) is 0.294. The number of nitrogens with zero attached hydrogens (tertiary/aromatic N) is 2. The molecule has 2 aromatic rings. The first-order valence-corrected chi connectivity index (χ1v) is 7.45. The quantitative estimate of drug-likeness (QED) is 0.830. The van der Waals surface area contributed by atoms with Crippen LogP contribution in [0.4, 0.5) is 0 Å². The Labute approximate surface area is 130 Å². The smallest absolute Gasteiger partial charge is 0.257 e. The van der Waals surface area contributed by atoms with Crippen molar-refractivity contribution in [2.45, 2.75) is 32.9 Å². The number of carbonyl (C=O) groups is 1. The van der Waals surface area contributed by atoms with Crippen LogP contribution in [0, 0.1) is 0 Å². The molecule has 2 rings (SSSR count). The number of hydrogen-bond acceptors (Lipinski definition) is 2. The first-order chi connectivity index (χ1) is 10.1. The predicted molar refractivity (Wildman–Crippen MR) is 85.3 cm³/mol. The number of amides is 1. The zero-order valence-electron chi connectivity index (χ0n) is 12.3. The van der Waals surface area contributed by atoms with Crippen LogP contribution in [-0.4, -0.2) is 21.8 Å². The van der Waals surface area contributed by atoms with E-state index in [9.17, 15) is 4.79 Å². The van der Waals surface area contributed by atoms with Crippen molar-refractivity contribution in [3.8, 4) is 0 Å². The molecular weight excluding hydrogens is 284 g/mol. The maximum Gasteiger partial charge on any atom is 0.257 e. The van der Waals surface area contributed by atoms with Gasteiger partial charge in [-0.05, 0) is 25.0 Å². The Morgan fingerprint density at radius 1 is 1.29 bits per heavy atom. The minimum atomic E-state index is -0.0775. The van der Waals surface area contributed by atoms with Crippen molar-refractivity contribution in [3.63, 3.8) is 0 Å². The van der Waals surface area contributed by atoms with Crippen molar-refractivity contribution in [1.29, 1.82) is 0 Å². The van der Waals surface area contributed by atoms with E-state index >= 15 is 0 Å². The van der Waals surface area contributed by atoms with E-state index in [-0.39, 0.29) is 11.9 Å². The van der Waals surface area contributed by atoms with Crippen LogP contribution in [0.3, 0.4) is 0 Å². The standard InChI is InChI=1S/C17H19ClN2O/c1-3-13(2)20(12-14-7-5-4-6-8-14)17(21)15-11-19-10-9-16(15)18/h4-11,13H,3,12H2,1-2H3. The minimum absolute atomic E-state index is 0.0775. The number of aromatic nitrogens is 1. The van der Waals surface area contributed by atoms with Crippen LogP contribution >= 0.6 is 11.6 Å². The van der Waals surface area contributed by atoms with Crippen LogP contribution in [-0.2, 0) is 6.54 Å². The molecule has 1 aromatic carbocycles. The van der Waals surface area contributed by atoms with Crippen LogP contribution < -0.4 is 0 Å². The summed E-state index contributed by atoms with van der Waals surface area (Å²) in [5.74, 6) is -0.0775. The van der Waals surface area contributed by atoms with Gasteiger partial charge in [0.25, 0.3) is 5.91 Å². The second-order valence-electron chi connectivity index (χ2n) is 5.03. The summed E-state index contributed by atoms with van der Waals surface area (Å²) in [7, 11) is 0. The number of benzene rings is 1. The molecule has 0 aliphatic rings. The van der Waals surface area contributed by atoms with Gasteiger partial charge in [-0.3, -0.25) is 9.78 Å². The van der Waals surface area contributed by atoms with Crippen LogP contribution in [0.15, 0.2) is 48.8 Å². The Bertz CT molecular complexity index is 601. The van der Waals surface area contributed by atoms with Gasteiger partial charge in [0.05, 0.1) is 10.6 Å². The van der Waals surface area contributed by atoms with Gasteiger partial charge in [0.1, 0.15) is 0 Å². The maximum absolute atomic E-state index is 12.8. The van der Waals surface area contributed by atoms with Crippen molar-refractivity contribution in [1.82, 2.24) is 9.88 Å². The third-order valence-electron chi connectivity index (χ3n) is 3.58. The van der Waals surface area contributed by atoms with Gasteiger partial charge in [-0.1, -0.05) is 48.9 Å². The number of halogens is 1. The van der Waals surface area contributed by atoms with E-state index in [1.165, 1.54) is 6.20 Å². The summed E-state index contributed by atoms with van der Waals surface area (Å²) in [6.07, 6.45) is 4.01. The number of hydrogen-bond donors (Lipinski definition) is 0. The van der Waals surface area contributed by atoms with Crippen molar-refractivity contribution >= 4 is 17.5 Å². The van der Waals surface area contributed by atoms with E-state index in [4.69, 9.17) is 11.6 Å². The van der Waals surface area contributed by atoms with Crippen molar-refractivity contribution in [2.24, 2.45) is 0 Å². The molecule has 1 heterocycles. The Balaban J connectivity index is 2.28. The monoisotopic (exact) mass is 302 g/mol. The third-order valence-corrected chi connectivity index (χ3v) is 3.91. The second-order valence-corrected chi connectivity index (χ2v) is 5.44. The summed E-state index contributed by atoms with van der Waals surface area (Å²) in [5, 5.41) is 0.441. The molecule has 1 amide bonds. The lowest BCUT2D eigenvalue weighted by molar-refractivity contribution is 0.0671. The summed E-state index contributed by atoms with van der Waals surface area (Å²) in [6.45, 7) is 4.69. The van der Waals surface area contributed by atoms with Gasteiger partial charge < -0.3 is 4.90 Å². The van der Waals surface area contributed by atoms with Crippen molar-refractivity contribution in [2.75, 3.05) is 0 Å². The number of rotatable bonds is 5. The molecule has 0 aliphatic carbocycles. The molecular formula is C17H19ClN2O. The lowest BCUT2D eigenvalue weighted by Gasteiger charge is -2.29. The number of pyridine rings is 1. The highest BCUT2D eigenvalue weighted by Crippen LogP contribution is 2.20. The molecule has 110 valence electrons. The molecule has 0 saturated heterocycles. The van der Waals surface area contributed by atoms with E-state index < -0.39 is 0 Å². The minimum Gasteiger partial charge on any atom is -0.332 e. The van der Waals surface area contributed by atoms with Gasteiger partial charge >= 0.3 is 0 Å². The van der Waals surface area contributed by atoms with Crippen LogP contribution in [0.25, 0.3) is 0 Å².